The van der Waals surface area contributed by atoms with Crippen LogP contribution >= 0.6 is 23.2 Å². The van der Waals surface area contributed by atoms with Gasteiger partial charge in [0.15, 0.2) is 0 Å². The van der Waals surface area contributed by atoms with Crippen molar-refractivity contribution in [2.24, 2.45) is 0 Å². The van der Waals surface area contributed by atoms with Crippen LogP contribution in [-0.2, 0) is 0 Å². The third-order valence-corrected chi connectivity index (χ3v) is 2.94. The van der Waals surface area contributed by atoms with Gasteiger partial charge in [-0.3, -0.25) is 0 Å². The zero-order valence-corrected chi connectivity index (χ0v) is 11.3. The van der Waals surface area contributed by atoms with Gasteiger partial charge in [0, 0.05) is 25.3 Å². The van der Waals surface area contributed by atoms with Gasteiger partial charge in [0.2, 0.25) is 0 Å². The number of hydrogen-bond donors (Lipinski definition) is 1. The number of hydrogen-bond acceptors (Lipinski definition) is 3. The number of pyridine rings is 1. The van der Waals surface area contributed by atoms with Gasteiger partial charge in [-0.15, -0.1) is 0 Å². The average Bonchev–Trinajstić information content (AvgIpc) is 2.20. The number of nitrogens with one attached hydrogen (secondary N) is 1. The second-order valence-electron chi connectivity index (χ2n) is 3.99. The number of aromatic nitrogens is 1. The first kappa shape index (κ1) is 13.6. The minimum absolute atomic E-state index is 0.537. The minimum Gasteiger partial charge on any atom is -0.368 e. The summed E-state index contributed by atoms with van der Waals surface area (Å²) < 4.78 is 0. The third-order valence-electron chi connectivity index (χ3n) is 2.45. The molecule has 0 saturated heterocycles. The van der Waals surface area contributed by atoms with E-state index in [-0.39, 0.29) is 0 Å². The molecular formula is C11H17Cl2N3. The van der Waals surface area contributed by atoms with Crippen molar-refractivity contribution in [3.8, 4) is 0 Å². The normalized spacial score (nSPS) is 11.2. The van der Waals surface area contributed by atoms with Crippen molar-refractivity contribution < 1.29 is 0 Å². The fraction of sp³-hybridized carbons (Fsp3) is 0.545. The molecule has 0 aliphatic rings. The molecule has 0 aliphatic carbocycles. The molecule has 0 fully saturated rings. The van der Waals surface area contributed by atoms with Crippen LogP contribution in [0, 0.1) is 0 Å². The maximum Gasteiger partial charge on any atom is 0.144 e. The van der Waals surface area contributed by atoms with E-state index >= 15 is 0 Å². The largest absolute Gasteiger partial charge is 0.368 e. The highest BCUT2D eigenvalue weighted by Gasteiger charge is 2.04. The molecule has 5 heteroatoms. The molecule has 0 unspecified atom stereocenters. The van der Waals surface area contributed by atoms with Gasteiger partial charge in [0.25, 0.3) is 0 Å². The van der Waals surface area contributed by atoms with Crippen LogP contribution in [0.3, 0.4) is 0 Å². The summed E-state index contributed by atoms with van der Waals surface area (Å²) in [5.41, 5.74) is 0. The van der Waals surface area contributed by atoms with E-state index in [0.29, 0.717) is 21.9 Å². The SMILES string of the molecule is CC(C)N(C)CCNc1ncc(Cl)cc1Cl. The number of nitrogens with zero attached hydrogens (tertiary/aromatic N) is 2. The molecule has 16 heavy (non-hydrogen) atoms. The van der Waals surface area contributed by atoms with Crippen LogP contribution in [0.15, 0.2) is 12.3 Å². The van der Waals surface area contributed by atoms with E-state index in [2.05, 4.69) is 36.1 Å². The topological polar surface area (TPSA) is 28.2 Å². The molecular weight excluding hydrogens is 245 g/mol. The van der Waals surface area contributed by atoms with Crippen LogP contribution in [0.4, 0.5) is 5.82 Å². The number of rotatable bonds is 5. The minimum atomic E-state index is 0.537. The molecule has 0 atom stereocenters. The molecule has 0 aromatic carbocycles. The van der Waals surface area contributed by atoms with Crippen molar-refractivity contribution in [3.63, 3.8) is 0 Å². The number of likely N-dealkylation sites (N-methyl/N-ethyl adjacent to an activating group) is 1. The van der Waals surface area contributed by atoms with E-state index < -0.39 is 0 Å². The van der Waals surface area contributed by atoms with Gasteiger partial charge in [-0.2, -0.15) is 0 Å². The van der Waals surface area contributed by atoms with Crippen LogP contribution in [0.2, 0.25) is 10.0 Å². The van der Waals surface area contributed by atoms with Gasteiger partial charge in [-0.05, 0) is 27.0 Å². The molecule has 0 bridgehead atoms. The lowest BCUT2D eigenvalue weighted by atomic mass is 10.3. The maximum atomic E-state index is 5.98. The summed E-state index contributed by atoms with van der Waals surface area (Å²) in [6.07, 6.45) is 1.59. The highest BCUT2D eigenvalue weighted by atomic mass is 35.5. The smallest absolute Gasteiger partial charge is 0.144 e. The lowest BCUT2D eigenvalue weighted by molar-refractivity contribution is 0.284. The Hall–Kier alpha value is -0.510. The molecule has 1 rings (SSSR count). The molecule has 0 aliphatic heterocycles. The fourth-order valence-electron chi connectivity index (χ4n) is 1.15. The fourth-order valence-corrected chi connectivity index (χ4v) is 1.60. The monoisotopic (exact) mass is 261 g/mol. The first-order valence-electron chi connectivity index (χ1n) is 5.26. The van der Waals surface area contributed by atoms with E-state index in [0.717, 1.165) is 13.1 Å². The summed E-state index contributed by atoms with van der Waals surface area (Å²) in [4.78, 5) is 6.37. The summed E-state index contributed by atoms with van der Waals surface area (Å²) in [5, 5.41) is 4.29. The molecule has 0 radical (unpaired) electrons. The summed E-state index contributed by atoms with van der Waals surface area (Å²) in [7, 11) is 2.09. The Bertz CT molecular complexity index is 342. The lowest BCUT2D eigenvalue weighted by Gasteiger charge is -2.21. The highest BCUT2D eigenvalue weighted by molar-refractivity contribution is 6.35. The lowest BCUT2D eigenvalue weighted by Crippen LogP contribution is -2.31. The second-order valence-corrected chi connectivity index (χ2v) is 4.83. The van der Waals surface area contributed by atoms with Crippen molar-refractivity contribution >= 4 is 29.0 Å². The maximum absolute atomic E-state index is 5.98. The quantitative estimate of drug-likeness (QED) is 0.883. The second kappa shape index (κ2) is 6.28. The third kappa shape index (κ3) is 4.16. The van der Waals surface area contributed by atoms with Gasteiger partial charge in [0.05, 0.1) is 10.0 Å². The molecule has 1 heterocycles. The predicted molar refractivity (Wildman–Crippen MR) is 70.5 cm³/mol. The summed E-state index contributed by atoms with van der Waals surface area (Å²) in [5.74, 6) is 0.684. The molecule has 0 saturated carbocycles. The first-order chi connectivity index (χ1) is 7.50. The van der Waals surface area contributed by atoms with Crippen molar-refractivity contribution in [2.45, 2.75) is 19.9 Å². The Balaban J connectivity index is 2.43. The van der Waals surface area contributed by atoms with Crippen molar-refractivity contribution in [3.05, 3.63) is 22.3 Å². The highest BCUT2D eigenvalue weighted by Crippen LogP contribution is 2.22. The van der Waals surface area contributed by atoms with E-state index in [1.807, 2.05) is 0 Å². The molecule has 0 spiro atoms. The van der Waals surface area contributed by atoms with E-state index in [4.69, 9.17) is 23.2 Å². The van der Waals surface area contributed by atoms with Gasteiger partial charge >= 0.3 is 0 Å². The van der Waals surface area contributed by atoms with Crippen LogP contribution < -0.4 is 5.32 Å². The van der Waals surface area contributed by atoms with Gasteiger partial charge in [-0.25, -0.2) is 4.98 Å². The van der Waals surface area contributed by atoms with E-state index in [1.165, 1.54) is 0 Å². The molecule has 1 aromatic heterocycles. The van der Waals surface area contributed by atoms with E-state index in [1.54, 1.807) is 12.3 Å². The Labute approximate surface area is 107 Å². The Kier molecular flexibility index (Phi) is 5.32. The molecule has 90 valence electrons. The predicted octanol–water partition coefficient (Wildman–Crippen LogP) is 3.14. The van der Waals surface area contributed by atoms with Crippen LogP contribution in [0.1, 0.15) is 13.8 Å². The first-order valence-corrected chi connectivity index (χ1v) is 6.01. The Morgan fingerprint density at radius 2 is 2.12 bits per heavy atom. The van der Waals surface area contributed by atoms with Gasteiger partial charge in [0.1, 0.15) is 5.82 Å². The number of halogens is 2. The summed E-state index contributed by atoms with van der Waals surface area (Å²) >= 11 is 11.7. The van der Waals surface area contributed by atoms with Gasteiger partial charge < -0.3 is 10.2 Å². The zero-order valence-electron chi connectivity index (χ0n) is 9.80. The van der Waals surface area contributed by atoms with Crippen LogP contribution in [0.25, 0.3) is 0 Å². The molecule has 1 N–H and O–H groups in total. The van der Waals surface area contributed by atoms with Crippen molar-refractivity contribution in [1.29, 1.82) is 0 Å². The Morgan fingerprint density at radius 1 is 1.44 bits per heavy atom. The van der Waals surface area contributed by atoms with Crippen molar-refractivity contribution in [1.82, 2.24) is 9.88 Å². The standard InChI is InChI=1S/C11H17Cl2N3/c1-8(2)16(3)5-4-14-11-10(13)6-9(12)7-15-11/h6-8H,4-5H2,1-3H3,(H,14,15). The molecule has 1 aromatic rings. The zero-order chi connectivity index (χ0) is 12.1. The van der Waals surface area contributed by atoms with Crippen LogP contribution in [-0.4, -0.2) is 36.1 Å². The van der Waals surface area contributed by atoms with Crippen LogP contribution in [0.5, 0.6) is 0 Å². The summed E-state index contributed by atoms with van der Waals surface area (Å²) in [6.45, 7) is 6.07. The van der Waals surface area contributed by atoms with Gasteiger partial charge in [-0.1, -0.05) is 23.2 Å². The molecule has 3 nitrogen and oxygen atoms in total. The molecule has 0 amide bonds. The van der Waals surface area contributed by atoms with Crippen molar-refractivity contribution in [2.75, 3.05) is 25.5 Å². The summed E-state index contributed by atoms with van der Waals surface area (Å²) in [6, 6.07) is 2.22. The van der Waals surface area contributed by atoms with E-state index in [9.17, 15) is 0 Å². The average molecular weight is 262 g/mol. The number of anilines is 1. The Morgan fingerprint density at radius 3 is 2.69 bits per heavy atom.